The molecular weight excluding hydrogens is 219 g/mol. The van der Waals surface area contributed by atoms with Gasteiger partial charge in [-0.25, -0.2) is 9.18 Å². The monoisotopic (exact) mass is 224 g/mol. The summed E-state index contributed by atoms with van der Waals surface area (Å²) >= 11 is 5.69. The van der Waals surface area contributed by atoms with E-state index in [2.05, 4.69) is 9.97 Å². The molecule has 0 radical (unpaired) electrons. The van der Waals surface area contributed by atoms with Crippen LogP contribution in [0.3, 0.4) is 0 Å². The van der Waals surface area contributed by atoms with Crippen molar-refractivity contribution in [2.45, 2.75) is 0 Å². The number of aromatic nitrogens is 2. The first-order valence-electron chi connectivity index (χ1n) is 4.17. The number of nitrogens with zero attached hydrogens (tertiary/aromatic N) is 1. The highest BCUT2D eigenvalue weighted by Gasteiger charge is 2.05. The van der Waals surface area contributed by atoms with Crippen LogP contribution in [0.5, 0.6) is 0 Å². The molecule has 0 saturated heterocycles. The lowest BCUT2D eigenvalue weighted by Gasteiger charge is -2.01. The van der Waals surface area contributed by atoms with Crippen molar-refractivity contribution in [1.29, 1.82) is 0 Å². The second kappa shape index (κ2) is 3.82. The van der Waals surface area contributed by atoms with Crippen LogP contribution in [0.4, 0.5) is 4.39 Å². The molecule has 0 spiro atoms. The van der Waals surface area contributed by atoms with Gasteiger partial charge in [-0.15, -0.1) is 0 Å². The Kier molecular flexibility index (Phi) is 2.51. The van der Waals surface area contributed by atoms with Gasteiger partial charge in [0.15, 0.2) is 5.82 Å². The predicted molar refractivity (Wildman–Crippen MR) is 55.3 cm³/mol. The molecule has 2 aromatic rings. The fourth-order valence-electron chi connectivity index (χ4n) is 1.21. The largest absolute Gasteiger partial charge is 0.345 e. The molecule has 0 aliphatic rings. The first-order valence-corrected chi connectivity index (χ1v) is 4.55. The van der Waals surface area contributed by atoms with Crippen molar-refractivity contribution < 1.29 is 4.39 Å². The Morgan fingerprint density at radius 1 is 1.27 bits per heavy atom. The lowest BCUT2D eigenvalue weighted by molar-refractivity contribution is 0.615. The van der Waals surface area contributed by atoms with Crippen LogP contribution in [0.25, 0.3) is 11.3 Å². The maximum atomic E-state index is 13.3. The molecular formula is C10H6ClFN2O. The van der Waals surface area contributed by atoms with Gasteiger partial charge in [-0.2, -0.15) is 4.98 Å². The highest BCUT2D eigenvalue weighted by Crippen LogP contribution is 2.20. The molecule has 1 N–H and O–H groups in total. The van der Waals surface area contributed by atoms with Gasteiger partial charge in [-0.1, -0.05) is 23.7 Å². The Morgan fingerprint density at radius 3 is 2.60 bits per heavy atom. The number of benzene rings is 1. The third-order valence-corrected chi connectivity index (χ3v) is 2.15. The van der Waals surface area contributed by atoms with E-state index in [1.807, 2.05) is 0 Å². The fraction of sp³-hybridized carbons (Fsp3) is 0. The summed E-state index contributed by atoms with van der Waals surface area (Å²) in [5.41, 5.74) is 0.0874. The standard InChI is InChI=1S/C10H6ClFN2O/c11-7-3-1-6(2-4-7)9-8(12)5-13-10(15)14-9/h1-5H,(H,13,14,15). The normalized spacial score (nSPS) is 10.3. The van der Waals surface area contributed by atoms with Crippen molar-refractivity contribution >= 4 is 11.6 Å². The highest BCUT2D eigenvalue weighted by molar-refractivity contribution is 6.30. The maximum absolute atomic E-state index is 13.3. The minimum Gasteiger partial charge on any atom is -0.303 e. The lowest BCUT2D eigenvalue weighted by atomic mass is 10.1. The van der Waals surface area contributed by atoms with E-state index in [0.717, 1.165) is 6.20 Å². The second-order valence-corrected chi connectivity index (χ2v) is 3.35. The topological polar surface area (TPSA) is 45.8 Å². The Labute approximate surface area is 89.6 Å². The Balaban J connectivity index is 2.58. The van der Waals surface area contributed by atoms with E-state index in [9.17, 15) is 9.18 Å². The van der Waals surface area contributed by atoms with Crippen LogP contribution < -0.4 is 5.69 Å². The molecule has 0 saturated carbocycles. The zero-order valence-corrected chi connectivity index (χ0v) is 8.25. The molecule has 76 valence electrons. The van der Waals surface area contributed by atoms with Gasteiger partial charge in [0.2, 0.25) is 0 Å². The number of hydrogen-bond donors (Lipinski definition) is 1. The summed E-state index contributed by atoms with van der Waals surface area (Å²) in [6, 6.07) is 6.48. The van der Waals surface area contributed by atoms with Crippen LogP contribution in [0.1, 0.15) is 0 Å². The van der Waals surface area contributed by atoms with Crippen molar-refractivity contribution in [3.63, 3.8) is 0 Å². The van der Waals surface area contributed by atoms with E-state index in [4.69, 9.17) is 11.6 Å². The third kappa shape index (κ3) is 2.05. The van der Waals surface area contributed by atoms with Gasteiger partial charge < -0.3 is 4.98 Å². The van der Waals surface area contributed by atoms with Crippen LogP contribution in [-0.4, -0.2) is 9.97 Å². The van der Waals surface area contributed by atoms with E-state index < -0.39 is 11.5 Å². The van der Waals surface area contributed by atoms with Gasteiger partial charge in [-0.3, -0.25) is 0 Å². The molecule has 2 rings (SSSR count). The minimum atomic E-state index is -0.582. The SMILES string of the molecule is O=c1ncc(F)c(-c2ccc(Cl)cc2)[nH]1. The Hall–Kier alpha value is -1.68. The average molecular weight is 225 g/mol. The summed E-state index contributed by atoms with van der Waals surface area (Å²) in [4.78, 5) is 16.5. The van der Waals surface area contributed by atoms with E-state index in [0.29, 0.717) is 10.6 Å². The number of halogens is 2. The molecule has 1 aromatic carbocycles. The van der Waals surface area contributed by atoms with E-state index in [1.165, 1.54) is 0 Å². The summed E-state index contributed by atoms with van der Waals surface area (Å²) in [6.07, 6.45) is 0.892. The van der Waals surface area contributed by atoms with Gasteiger partial charge >= 0.3 is 5.69 Å². The molecule has 3 nitrogen and oxygen atoms in total. The summed E-state index contributed by atoms with van der Waals surface area (Å²) < 4.78 is 13.3. The molecule has 1 heterocycles. The minimum absolute atomic E-state index is 0.117. The van der Waals surface area contributed by atoms with Crippen LogP contribution >= 0.6 is 11.6 Å². The first kappa shape index (κ1) is 9.86. The van der Waals surface area contributed by atoms with E-state index in [1.54, 1.807) is 24.3 Å². The zero-order chi connectivity index (χ0) is 10.8. The van der Waals surface area contributed by atoms with Crippen molar-refractivity contribution in [3.8, 4) is 11.3 Å². The average Bonchev–Trinajstić information content (AvgIpc) is 2.23. The summed E-state index contributed by atoms with van der Waals surface area (Å²) in [5, 5.41) is 0.551. The van der Waals surface area contributed by atoms with Crippen LogP contribution in [-0.2, 0) is 0 Å². The van der Waals surface area contributed by atoms with E-state index >= 15 is 0 Å². The number of nitrogens with one attached hydrogen (secondary N) is 1. The molecule has 0 unspecified atom stereocenters. The van der Waals surface area contributed by atoms with Gasteiger partial charge in [0, 0.05) is 10.6 Å². The van der Waals surface area contributed by atoms with Crippen molar-refractivity contribution in [2.24, 2.45) is 0 Å². The van der Waals surface area contributed by atoms with Gasteiger partial charge in [0.1, 0.15) is 0 Å². The number of hydrogen-bond acceptors (Lipinski definition) is 2. The van der Waals surface area contributed by atoms with E-state index in [-0.39, 0.29) is 5.69 Å². The molecule has 0 atom stereocenters. The highest BCUT2D eigenvalue weighted by atomic mass is 35.5. The van der Waals surface area contributed by atoms with Crippen LogP contribution in [0.2, 0.25) is 5.02 Å². The lowest BCUT2D eigenvalue weighted by Crippen LogP contribution is -2.11. The van der Waals surface area contributed by atoms with Gasteiger partial charge in [0.25, 0.3) is 0 Å². The zero-order valence-electron chi connectivity index (χ0n) is 7.50. The predicted octanol–water partition coefficient (Wildman–Crippen LogP) is 2.23. The summed E-state index contributed by atoms with van der Waals surface area (Å²) in [6.45, 7) is 0. The molecule has 0 bridgehead atoms. The number of rotatable bonds is 1. The smallest absolute Gasteiger partial charge is 0.303 e. The molecule has 0 aliphatic carbocycles. The number of aromatic amines is 1. The Morgan fingerprint density at radius 2 is 1.93 bits per heavy atom. The van der Waals surface area contributed by atoms with Crippen LogP contribution in [0, 0.1) is 5.82 Å². The quantitative estimate of drug-likeness (QED) is 0.808. The van der Waals surface area contributed by atoms with Gasteiger partial charge in [-0.05, 0) is 12.1 Å². The second-order valence-electron chi connectivity index (χ2n) is 2.92. The van der Waals surface area contributed by atoms with Crippen LogP contribution in [0.15, 0.2) is 35.3 Å². The van der Waals surface area contributed by atoms with Gasteiger partial charge in [0.05, 0.1) is 11.9 Å². The van der Waals surface area contributed by atoms with Crippen molar-refractivity contribution in [3.05, 3.63) is 51.8 Å². The molecule has 0 fully saturated rings. The summed E-state index contributed by atoms with van der Waals surface area (Å²) in [5.74, 6) is -0.572. The summed E-state index contributed by atoms with van der Waals surface area (Å²) in [7, 11) is 0. The molecule has 5 heteroatoms. The maximum Gasteiger partial charge on any atom is 0.345 e. The number of H-pyrrole nitrogens is 1. The van der Waals surface area contributed by atoms with Crippen molar-refractivity contribution in [2.75, 3.05) is 0 Å². The third-order valence-electron chi connectivity index (χ3n) is 1.90. The molecule has 15 heavy (non-hydrogen) atoms. The Bertz CT molecular complexity index is 536. The first-order chi connectivity index (χ1) is 7.16. The molecule has 0 amide bonds. The van der Waals surface area contributed by atoms with Crippen molar-refractivity contribution in [1.82, 2.24) is 9.97 Å². The fourth-order valence-corrected chi connectivity index (χ4v) is 1.33. The molecule has 0 aliphatic heterocycles. The molecule has 1 aromatic heterocycles.